The van der Waals surface area contributed by atoms with Crippen molar-refractivity contribution >= 4 is 19.8 Å². The summed E-state index contributed by atoms with van der Waals surface area (Å²) < 4.78 is 45.4. The molecule has 0 aromatic rings. The van der Waals surface area contributed by atoms with Crippen LogP contribution in [-0.2, 0) is 42.1 Å². The summed E-state index contributed by atoms with van der Waals surface area (Å²) in [6.45, 7) is 2.20. The fraction of sp³-hybridized carbons (Fsp3) is 0.915. The van der Waals surface area contributed by atoms with Crippen molar-refractivity contribution in [1.82, 2.24) is 0 Å². The van der Waals surface area contributed by atoms with Crippen LogP contribution in [0.1, 0.15) is 181 Å². The van der Waals surface area contributed by atoms with Crippen LogP contribution in [-0.4, -0.2) is 151 Å². The zero-order valence-electron chi connectivity index (χ0n) is 39.7. The van der Waals surface area contributed by atoms with Gasteiger partial charge in [0.25, 0.3) is 0 Å². The minimum Gasteiger partial charge on any atom is -0.462 e. The second-order valence-electron chi connectivity index (χ2n) is 18.0. The molecule has 1 saturated heterocycles. The van der Waals surface area contributed by atoms with E-state index in [4.69, 9.17) is 28.0 Å². The van der Waals surface area contributed by atoms with Gasteiger partial charge in [-0.25, -0.2) is 4.57 Å². The largest absolute Gasteiger partial charge is 0.472 e. The second kappa shape index (κ2) is 35.5. The van der Waals surface area contributed by atoms with Crippen molar-refractivity contribution in [2.75, 3.05) is 19.8 Å². The summed E-state index contributed by atoms with van der Waals surface area (Å²) >= 11 is 0. The summed E-state index contributed by atoms with van der Waals surface area (Å²) in [5.41, 5.74) is 0. The van der Waals surface area contributed by atoms with Crippen LogP contribution in [0.25, 0.3) is 0 Å². The van der Waals surface area contributed by atoms with Gasteiger partial charge in [0.15, 0.2) is 12.4 Å². The van der Waals surface area contributed by atoms with Crippen LogP contribution in [0.15, 0.2) is 12.2 Å². The van der Waals surface area contributed by atoms with E-state index in [-0.39, 0.29) is 12.8 Å². The van der Waals surface area contributed by atoms with Crippen molar-refractivity contribution in [3.8, 4) is 0 Å². The van der Waals surface area contributed by atoms with Gasteiger partial charge in [-0.1, -0.05) is 142 Å². The molecule has 1 aliphatic carbocycles. The summed E-state index contributed by atoms with van der Waals surface area (Å²) in [6.07, 6.45) is 7.31. The van der Waals surface area contributed by atoms with Gasteiger partial charge in [-0.05, 0) is 38.5 Å². The molecule has 388 valence electrons. The van der Waals surface area contributed by atoms with Crippen LogP contribution in [0.5, 0.6) is 0 Å². The molecule has 2 aliphatic rings. The smallest absolute Gasteiger partial charge is 0.462 e. The molecular weight excluding hydrogens is 883 g/mol. The number of rotatable bonds is 38. The quantitative estimate of drug-likeness (QED) is 0.0164. The molecule has 2 fully saturated rings. The fourth-order valence-corrected chi connectivity index (χ4v) is 9.02. The number of allylic oxidation sites excluding steroid dienone is 2. The molecule has 0 aromatic carbocycles. The third-order valence-electron chi connectivity index (χ3n) is 12.2. The maximum Gasteiger partial charge on any atom is 0.472 e. The Morgan fingerprint density at radius 3 is 1.52 bits per heavy atom. The van der Waals surface area contributed by atoms with Crippen LogP contribution < -0.4 is 0 Å². The highest BCUT2D eigenvalue weighted by Crippen LogP contribution is 2.48. The lowest BCUT2D eigenvalue weighted by Crippen LogP contribution is -2.67. The maximum atomic E-state index is 13.4. The number of aliphatic hydroxyl groups is 8. The first-order valence-electron chi connectivity index (χ1n) is 25.0. The lowest BCUT2D eigenvalue weighted by atomic mass is 9.84. The number of hydrogen-bond acceptors (Lipinski definition) is 17. The van der Waals surface area contributed by atoms with E-state index < -0.39 is 113 Å². The van der Waals surface area contributed by atoms with Crippen LogP contribution in [0, 0.1) is 0 Å². The molecule has 9 N–H and O–H groups in total. The number of phosphoric acid groups is 1. The summed E-state index contributed by atoms with van der Waals surface area (Å²) in [5.74, 6) is -1.22. The number of phosphoric ester groups is 1. The van der Waals surface area contributed by atoms with Gasteiger partial charge >= 0.3 is 19.8 Å². The van der Waals surface area contributed by atoms with E-state index in [1.807, 2.05) is 0 Å². The molecule has 13 unspecified atom stereocenters. The molecule has 0 aromatic heterocycles. The first kappa shape index (κ1) is 60.5. The molecule has 2 rings (SSSR count). The monoisotopic (exact) mass is 971 g/mol. The topological polar surface area (TPSA) is 289 Å². The van der Waals surface area contributed by atoms with E-state index in [0.717, 1.165) is 77.0 Å². The van der Waals surface area contributed by atoms with Gasteiger partial charge in [-0.15, -0.1) is 0 Å². The van der Waals surface area contributed by atoms with Crippen LogP contribution in [0.3, 0.4) is 0 Å². The van der Waals surface area contributed by atoms with Crippen molar-refractivity contribution < 1.29 is 87.9 Å². The Morgan fingerprint density at radius 1 is 0.561 bits per heavy atom. The Bertz CT molecular complexity index is 1340. The summed E-state index contributed by atoms with van der Waals surface area (Å²) in [4.78, 5) is 36.5. The molecular formula is C47H87O18P. The normalized spacial score (nSPS) is 28.3. The summed E-state index contributed by atoms with van der Waals surface area (Å²) in [5, 5.41) is 82.9. The minimum absolute atomic E-state index is 0.0306. The summed E-state index contributed by atoms with van der Waals surface area (Å²) in [7, 11) is -5.37. The lowest BCUT2D eigenvalue weighted by molar-refractivity contribution is -0.338. The molecule has 19 heteroatoms. The van der Waals surface area contributed by atoms with E-state index in [1.54, 1.807) is 0 Å². The third kappa shape index (κ3) is 24.3. The molecule has 0 spiro atoms. The van der Waals surface area contributed by atoms with Gasteiger partial charge in [0.05, 0.1) is 13.2 Å². The highest BCUT2D eigenvalue weighted by Gasteiger charge is 2.55. The molecule has 18 nitrogen and oxygen atoms in total. The maximum absolute atomic E-state index is 13.4. The number of carbonyl (C=O) groups is 2. The van der Waals surface area contributed by atoms with Gasteiger partial charge in [-0.3, -0.25) is 18.6 Å². The predicted molar refractivity (Wildman–Crippen MR) is 245 cm³/mol. The highest BCUT2D eigenvalue weighted by molar-refractivity contribution is 7.47. The fourth-order valence-electron chi connectivity index (χ4n) is 8.05. The van der Waals surface area contributed by atoms with Crippen LogP contribution >= 0.6 is 7.82 Å². The van der Waals surface area contributed by atoms with E-state index in [9.17, 15) is 59.9 Å². The number of ether oxygens (including phenoxy) is 4. The minimum atomic E-state index is -5.37. The number of carbonyl (C=O) groups excluding carboxylic acids is 2. The molecule has 0 radical (unpaired) electrons. The van der Waals surface area contributed by atoms with Gasteiger partial charge in [0.2, 0.25) is 0 Å². The van der Waals surface area contributed by atoms with E-state index >= 15 is 0 Å². The number of unbranched alkanes of at least 4 members (excludes halogenated alkanes) is 21. The number of esters is 2. The average Bonchev–Trinajstić information content (AvgIpc) is 3.29. The van der Waals surface area contributed by atoms with E-state index in [0.29, 0.717) is 12.8 Å². The van der Waals surface area contributed by atoms with Crippen LogP contribution in [0.2, 0.25) is 0 Å². The Hall–Kier alpha value is -1.61. The molecule has 1 heterocycles. The summed E-state index contributed by atoms with van der Waals surface area (Å²) in [6, 6.07) is 0. The molecule has 0 amide bonds. The van der Waals surface area contributed by atoms with Crippen molar-refractivity contribution in [3.63, 3.8) is 0 Å². The molecule has 0 bridgehead atoms. The number of hydrogen-bond donors (Lipinski definition) is 9. The van der Waals surface area contributed by atoms with Crippen molar-refractivity contribution in [1.29, 1.82) is 0 Å². The van der Waals surface area contributed by atoms with E-state index in [2.05, 4.69) is 26.0 Å². The second-order valence-corrected chi connectivity index (χ2v) is 19.4. The van der Waals surface area contributed by atoms with Gasteiger partial charge < -0.3 is 64.7 Å². The molecule has 1 saturated carbocycles. The Balaban J connectivity index is 1.96. The van der Waals surface area contributed by atoms with Gasteiger partial charge in [0, 0.05) is 12.8 Å². The highest BCUT2D eigenvalue weighted by atomic mass is 31.2. The predicted octanol–water partition coefficient (Wildman–Crippen LogP) is 5.32. The Labute approximate surface area is 393 Å². The van der Waals surface area contributed by atoms with E-state index in [1.165, 1.54) is 64.2 Å². The molecule has 1 aliphatic heterocycles. The van der Waals surface area contributed by atoms with Crippen molar-refractivity contribution in [2.24, 2.45) is 0 Å². The lowest BCUT2D eigenvalue weighted by Gasteiger charge is -2.47. The van der Waals surface area contributed by atoms with Gasteiger partial charge in [0.1, 0.15) is 67.6 Å². The van der Waals surface area contributed by atoms with Crippen LogP contribution in [0.4, 0.5) is 0 Å². The SMILES string of the molecule is CCCCCC/C=C\CCCCCCCCCC(=O)OC(COC(=O)CCCCCCCCCCCCC)COP(=O)(O)OC1C(O)C(O)C(O)C(O)C1OC1OC(CO)C(O)C(O)C1O. The Kier molecular flexibility index (Phi) is 32.5. The molecule has 66 heavy (non-hydrogen) atoms. The first-order chi connectivity index (χ1) is 31.7. The van der Waals surface area contributed by atoms with Crippen molar-refractivity contribution in [3.05, 3.63) is 12.2 Å². The molecule has 13 atom stereocenters. The third-order valence-corrected chi connectivity index (χ3v) is 13.2. The van der Waals surface area contributed by atoms with Gasteiger partial charge in [-0.2, -0.15) is 0 Å². The zero-order chi connectivity index (χ0) is 48.7. The number of aliphatic hydroxyl groups excluding tert-OH is 8. The zero-order valence-corrected chi connectivity index (χ0v) is 40.6. The first-order valence-corrected chi connectivity index (χ1v) is 26.5. The average molecular weight is 971 g/mol. The Morgan fingerprint density at radius 2 is 1.00 bits per heavy atom. The standard InChI is InChI=1S/C47H87O18P/c1-3-5-7-9-11-13-15-16-17-18-20-22-24-26-28-30-37(50)62-34(32-60-36(49)29-27-25-23-21-19-14-12-10-8-6-4-2)33-61-66(58,59)65-46-43(56)41(54)40(53)42(55)45(46)64-47-44(57)39(52)38(51)35(31-48)63-47/h13,15,34-35,38-48,51-57H,3-12,14,16-33H2,1-2H3,(H,58,59)/b15-13-. The van der Waals surface area contributed by atoms with Crippen molar-refractivity contribution in [2.45, 2.75) is 254 Å².